The molecule has 0 aliphatic heterocycles. The van der Waals surface area contributed by atoms with Gasteiger partial charge in [-0.15, -0.1) is 11.3 Å². The fourth-order valence-electron chi connectivity index (χ4n) is 2.17. The Morgan fingerprint density at radius 2 is 1.96 bits per heavy atom. The number of benzene rings is 1. The minimum absolute atomic E-state index is 0.374. The third kappa shape index (κ3) is 3.37. The summed E-state index contributed by atoms with van der Waals surface area (Å²) in [5.74, 6) is -1.31. The maximum absolute atomic E-state index is 12.5. The van der Waals surface area contributed by atoms with Gasteiger partial charge in [-0.25, -0.2) is 9.78 Å². The summed E-state index contributed by atoms with van der Waals surface area (Å²) in [5.41, 5.74) is 7.46. The Morgan fingerprint density at radius 1 is 1.21 bits per heavy atom. The number of primary amides is 1. The van der Waals surface area contributed by atoms with E-state index < -0.39 is 18.0 Å². The van der Waals surface area contributed by atoms with Gasteiger partial charge in [-0.3, -0.25) is 4.79 Å². The lowest BCUT2D eigenvalue weighted by molar-refractivity contribution is -0.127. The maximum atomic E-state index is 12.5. The number of nitrogens with zero attached hydrogens (tertiary/aromatic N) is 1. The third-order valence-corrected chi connectivity index (χ3v) is 5.21. The second-order valence-electron chi connectivity index (χ2n) is 5.04. The van der Waals surface area contributed by atoms with Crippen LogP contribution in [0.3, 0.4) is 0 Å². The zero-order valence-corrected chi connectivity index (χ0v) is 14.4. The highest BCUT2D eigenvalue weighted by atomic mass is 32.1. The van der Waals surface area contributed by atoms with Crippen molar-refractivity contribution in [1.82, 2.24) is 4.98 Å². The number of aromatic nitrogens is 1. The SMILES string of the molecule is Cc1nc(-c2ccsc2)sc1C(=O)O[C@H](C(N)=O)c1ccccc1. The molecule has 2 heterocycles. The molecular weight excluding hydrogens is 344 g/mol. The smallest absolute Gasteiger partial charge is 0.351 e. The predicted molar refractivity (Wildman–Crippen MR) is 94.0 cm³/mol. The highest BCUT2D eigenvalue weighted by molar-refractivity contribution is 7.17. The number of amides is 1. The van der Waals surface area contributed by atoms with Crippen LogP contribution >= 0.6 is 22.7 Å². The molecule has 3 rings (SSSR count). The number of rotatable bonds is 5. The molecule has 0 bridgehead atoms. The quantitative estimate of drug-likeness (QED) is 0.707. The summed E-state index contributed by atoms with van der Waals surface area (Å²) < 4.78 is 5.36. The molecule has 2 aromatic heterocycles. The Morgan fingerprint density at radius 3 is 2.58 bits per heavy atom. The molecule has 2 N–H and O–H groups in total. The molecule has 0 saturated heterocycles. The normalized spacial score (nSPS) is 11.9. The van der Waals surface area contributed by atoms with Crippen molar-refractivity contribution < 1.29 is 14.3 Å². The highest BCUT2D eigenvalue weighted by Gasteiger charge is 2.26. The second-order valence-corrected chi connectivity index (χ2v) is 6.82. The molecule has 0 fully saturated rings. The Balaban J connectivity index is 1.85. The summed E-state index contributed by atoms with van der Waals surface area (Å²) in [6.07, 6.45) is -1.12. The van der Waals surface area contributed by atoms with Crippen LogP contribution in [0.5, 0.6) is 0 Å². The van der Waals surface area contributed by atoms with E-state index in [0.717, 1.165) is 10.6 Å². The number of thiazole rings is 1. The van der Waals surface area contributed by atoms with Gasteiger partial charge in [0, 0.05) is 16.5 Å². The second kappa shape index (κ2) is 6.94. The van der Waals surface area contributed by atoms with E-state index in [0.29, 0.717) is 16.1 Å². The van der Waals surface area contributed by atoms with Crippen LogP contribution in [0.2, 0.25) is 0 Å². The Labute approximate surface area is 146 Å². The van der Waals surface area contributed by atoms with Crippen LogP contribution in [0.4, 0.5) is 0 Å². The molecule has 0 aliphatic carbocycles. The average Bonchev–Trinajstić information content (AvgIpc) is 3.22. The van der Waals surface area contributed by atoms with Gasteiger partial charge in [0.2, 0.25) is 6.10 Å². The molecule has 24 heavy (non-hydrogen) atoms. The van der Waals surface area contributed by atoms with Gasteiger partial charge in [0.1, 0.15) is 9.88 Å². The predicted octanol–water partition coefficient (Wildman–Crippen LogP) is 3.56. The van der Waals surface area contributed by atoms with E-state index in [1.807, 2.05) is 22.9 Å². The van der Waals surface area contributed by atoms with Gasteiger partial charge in [0.25, 0.3) is 5.91 Å². The molecule has 0 spiro atoms. The Bertz CT molecular complexity index is 857. The number of carbonyl (C=O) groups excluding carboxylic acids is 2. The zero-order chi connectivity index (χ0) is 17.1. The maximum Gasteiger partial charge on any atom is 0.351 e. The molecule has 1 aromatic carbocycles. The van der Waals surface area contributed by atoms with Gasteiger partial charge in [-0.1, -0.05) is 30.3 Å². The van der Waals surface area contributed by atoms with Crippen LogP contribution in [-0.2, 0) is 9.53 Å². The van der Waals surface area contributed by atoms with Crippen LogP contribution in [0.1, 0.15) is 27.0 Å². The van der Waals surface area contributed by atoms with Gasteiger partial charge in [0.15, 0.2) is 0 Å². The van der Waals surface area contributed by atoms with Crippen LogP contribution in [-0.4, -0.2) is 16.9 Å². The van der Waals surface area contributed by atoms with Crippen LogP contribution < -0.4 is 5.73 Å². The average molecular weight is 358 g/mol. The third-order valence-electron chi connectivity index (χ3n) is 3.34. The molecule has 0 unspecified atom stereocenters. The van der Waals surface area contributed by atoms with Crippen LogP contribution in [0.25, 0.3) is 10.6 Å². The van der Waals surface area contributed by atoms with Gasteiger partial charge in [-0.2, -0.15) is 11.3 Å². The van der Waals surface area contributed by atoms with Gasteiger partial charge in [-0.05, 0) is 18.4 Å². The van der Waals surface area contributed by atoms with E-state index in [-0.39, 0.29) is 0 Å². The fourth-order valence-corrected chi connectivity index (χ4v) is 3.83. The minimum atomic E-state index is -1.12. The first-order valence-corrected chi connectivity index (χ1v) is 8.87. The van der Waals surface area contributed by atoms with Crippen molar-refractivity contribution in [3.8, 4) is 10.6 Å². The standard InChI is InChI=1S/C17H14N2O3S2/c1-10-14(24-16(19-10)12-7-8-23-9-12)17(21)22-13(15(18)20)11-5-3-2-4-6-11/h2-9,13H,1H3,(H2,18,20)/t13-/m0/s1. The van der Waals surface area contributed by atoms with E-state index in [2.05, 4.69) is 4.98 Å². The monoisotopic (exact) mass is 358 g/mol. The number of aryl methyl sites for hydroxylation is 1. The van der Waals surface area contributed by atoms with E-state index in [4.69, 9.17) is 10.5 Å². The molecule has 0 saturated carbocycles. The first-order valence-electron chi connectivity index (χ1n) is 7.11. The van der Waals surface area contributed by atoms with Crippen molar-refractivity contribution in [2.45, 2.75) is 13.0 Å². The van der Waals surface area contributed by atoms with E-state index in [1.54, 1.807) is 42.5 Å². The largest absolute Gasteiger partial charge is 0.443 e. The molecular formula is C17H14N2O3S2. The van der Waals surface area contributed by atoms with Crippen LogP contribution in [0.15, 0.2) is 47.2 Å². The van der Waals surface area contributed by atoms with Crippen LogP contribution in [0, 0.1) is 6.92 Å². The summed E-state index contributed by atoms with van der Waals surface area (Å²) >= 11 is 2.80. The number of hydrogen-bond acceptors (Lipinski definition) is 6. The van der Waals surface area contributed by atoms with Gasteiger partial charge >= 0.3 is 5.97 Å². The van der Waals surface area contributed by atoms with Gasteiger partial charge < -0.3 is 10.5 Å². The molecule has 3 aromatic rings. The van der Waals surface area contributed by atoms with Crippen molar-refractivity contribution in [3.05, 3.63) is 63.3 Å². The van der Waals surface area contributed by atoms with E-state index >= 15 is 0 Å². The van der Waals surface area contributed by atoms with Gasteiger partial charge in [0.05, 0.1) is 5.69 Å². The lowest BCUT2D eigenvalue weighted by Crippen LogP contribution is -2.26. The van der Waals surface area contributed by atoms with Crippen molar-refractivity contribution in [2.24, 2.45) is 5.73 Å². The first-order chi connectivity index (χ1) is 11.6. The number of carbonyl (C=O) groups is 2. The summed E-state index contributed by atoms with van der Waals surface area (Å²) in [6.45, 7) is 1.74. The molecule has 1 atom stereocenters. The number of ether oxygens (including phenoxy) is 1. The molecule has 0 aliphatic rings. The van der Waals surface area contributed by atoms with Crippen molar-refractivity contribution in [2.75, 3.05) is 0 Å². The zero-order valence-electron chi connectivity index (χ0n) is 12.8. The van der Waals surface area contributed by atoms with E-state index in [9.17, 15) is 9.59 Å². The highest BCUT2D eigenvalue weighted by Crippen LogP contribution is 2.31. The topological polar surface area (TPSA) is 82.3 Å². The molecule has 122 valence electrons. The van der Waals surface area contributed by atoms with Crippen molar-refractivity contribution in [1.29, 1.82) is 0 Å². The molecule has 5 nitrogen and oxygen atoms in total. The molecule has 0 radical (unpaired) electrons. The first kappa shape index (κ1) is 16.4. The van der Waals surface area contributed by atoms with Crippen molar-refractivity contribution >= 4 is 34.6 Å². The fraction of sp³-hybridized carbons (Fsp3) is 0.118. The lowest BCUT2D eigenvalue weighted by Gasteiger charge is -2.14. The molecule has 1 amide bonds. The summed E-state index contributed by atoms with van der Waals surface area (Å²) in [6, 6.07) is 10.6. The van der Waals surface area contributed by atoms with Crippen molar-refractivity contribution in [3.63, 3.8) is 0 Å². The number of esters is 1. The lowest BCUT2D eigenvalue weighted by atomic mass is 10.1. The number of hydrogen-bond donors (Lipinski definition) is 1. The number of nitrogens with two attached hydrogens (primary N) is 1. The summed E-state index contributed by atoms with van der Waals surface area (Å²) in [5, 5.41) is 4.66. The number of thiophene rings is 1. The molecule has 7 heteroatoms. The Hall–Kier alpha value is -2.51. The minimum Gasteiger partial charge on any atom is -0.443 e. The Kier molecular flexibility index (Phi) is 4.73. The summed E-state index contributed by atoms with van der Waals surface area (Å²) in [7, 11) is 0. The summed E-state index contributed by atoms with van der Waals surface area (Å²) in [4.78, 5) is 28.9. The van der Waals surface area contributed by atoms with E-state index in [1.165, 1.54) is 11.3 Å².